The quantitative estimate of drug-likeness (QED) is 0.205. The van der Waals surface area contributed by atoms with Gasteiger partial charge in [-0.1, -0.05) is 115 Å². The Morgan fingerprint density at radius 3 is 1.90 bits per heavy atom. The summed E-state index contributed by atoms with van der Waals surface area (Å²) >= 11 is 1.86. The molecule has 0 bridgehead atoms. The Morgan fingerprint density at radius 1 is 0.381 bits per heavy atom. The Kier molecular flexibility index (Phi) is 6.05. The Bertz CT molecular complexity index is 2190. The van der Waals surface area contributed by atoms with Crippen LogP contribution >= 0.6 is 11.3 Å². The van der Waals surface area contributed by atoms with Crippen LogP contribution in [-0.4, -0.2) is 0 Å². The zero-order valence-electron chi connectivity index (χ0n) is 22.9. The molecule has 0 saturated heterocycles. The number of fused-ring (bicyclic) bond motifs is 4. The van der Waals surface area contributed by atoms with Gasteiger partial charge in [-0.25, -0.2) is 0 Å². The minimum absolute atomic E-state index is 1.13. The van der Waals surface area contributed by atoms with Gasteiger partial charge in [0.1, 0.15) is 0 Å². The lowest BCUT2D eigenvalue weighted by atomic mass is 9.99. The molecular formula is C40H27NS. The van der Waals surface area contributed by atoms with Crippen molar-refractivity contribution in [3.63, 3.8) is 0 Å². The van der Waals surface area contributed by atoms with E-state index < -0.39 is 0 Å². The first-order chi connectivity index (χ1) is 20.8. The topological polar surface area (TPSA) is 3.24 Å². The maximum Gasteiger partial charge on any atom is 0.0540 e. The summed E-state index contributed by atoms with van der Waals surface area (Å²) in [5.41, 5.74) is 8.28. The number of anilines is 3. The lowest BCUT2D eigenvalue weighted by molar-refractivity contribution is 1.28. The summed E-state index contributed by atoms with van der Waals surface area (Å²) in [5, 5.41) is 5.17. The number of nitrogens with zero attached hydrogens (tertiary/aromatic N) is 1. The van der Waals surface area contributed by atoms with Crippen molar-refractivity contribution in [2.45, 2.75) is 0 Å². The molecule has 42 heavy (non-hydrogen) atoms. The molecule has 0 unspecified atom stereocenters. The van der Waals surface area contributed by atoms with Crippen molar-refractivity contribution < 1.29 is 0 Å². The van der Waals surface area contributed by atoms with E-state index in [-0.39, 0.29) is 0 Å². The van der Waals surface area contributed by atoms with Crippen molar-refractivity contribution in [3.8, 4) is 22.3 Å². The normalized spacial score (nSPS) is 11.3. The van der Waals surface area contributed by atoms with Crippen LogP contribution in [0.15, 0.2) is 164 Å². The first-order valence-electron chi connectivity index (χ1n) is 14.3. The summed E-state index contributed by atoms with van der Waals surface area (Å²) < 4.78 is 2.64. The van der Waals surface area contributed by atoms with E-state index in [1.54, 1.807) is 0 Å². The molecule has 1 heterocycles. The number of hydrogen-bond acceptors (Lipinski definition) is 2. The van der Waals surface area contributed by atoms with Crippen LogP contribution < -0.4 is 4.90 Å². The van der Waals surface area contributed by atoms with Gasteiger partial charge >= 0.3 is 0 Å². The summed E-state index contributed by atoms with van der Waals surface area (Å²) in [7, 11) is 0. The van der Waals surface area contributed by atoms with Gasteiger partial charge in [-0.2, -0.15) is 0 Å². The van der Waals surface area contributed by atoms with Gasteiger partial charge in [0.05, 0.1) is 5.69 Å². The summed E-state index contributed by atoms with van der Waals surface area (Å²) in [4.78, 5) is 2.37. The van der Waals surface area contributed by atoms with Gasteiger partial charge in [0.25, 0.3) is 0 Å². The molecule has 0 aliphatic rings. The second kappa shape index (κ2) is 10.3. The lowest BCUT2D eigenvalue weighted by Gasteiger charge is -2.28. The number of para-hydroxylation sites is 2. The van der Waals surface area contributed by atoms with E-state index in [1.807, 2.05) is 11.3 Å². The van der Waals surface area contributed by atoms with Crippen molar-refractivity contribution in [3.05, 3.63) is 164 Å². The van der Waals surface area contributed by atoms with Gasteiger partial charge in [0.15, 0.2) is 0 Å². The molecule has 7 aromatic carbocycles. The van der Waals surface area contributed by atoms with Gasteiger partial charge < -0.3 is 4.90 Å². The third-order valence-electron chi connectivity index (χ3n) is 8.06. The SMILES string of the molecule is c1ccc(N(c2ccc(-c3ccc4ccccc4c3)cc2)c2ccccc2-c2ccc3c(c2)sc2ccccc23)cc1. The summed E-state index contributed by atoms with van der Waals surface area (Å²) in [6, 6.07) is 59.2. The van der Waals surface area contributed by atoms with E-state index in [1.165, 1.54) is 53.2 Å². The summed E-state index contributed by atoms with van der Waals surface area (Å²) in [5.74, 6) is 0. The minimum atomic E-state index is 1.13. The van der Waals surface area contributed by atoms with E-state index in [9.17, 15) is 0 Å². The zero-order chi connectivity index (χ0) is 27.9. The number of hydrogen-bond donors (Lipinski definition) is 0. The highest BCUT2D eigenvalue weighted by molar-refractivity contribution is 7.25. The molecule has 1 aromatic heterocycles. The van der Waals surface area contributed by atoms with Crippen LogP contribution in [0.4, 0.5) is 17.1 Å². The molecule has 0 radical (unpaired) electrons. The van der Waals surface area contributed by atoms with Crippen LogP contribution in [0, 0.1) is 0 Å². The Hall–Kier alpha value is -5.18. The molecule has 0 atom stereocenters. The van der Waals surface area contributed by atoms with Crippen molar-refractivity contribution in [2.24, 2.45) is 0 Å². The highest BCUT2D eigenvalue weighted by Crippen LogP contribution is 2.43. The average Bonchev–Trinajstić information content (AvgIpc) is 3.44. The predicted octanol–water partition coefficient (Wildman–Crippen LogP) is 12.0. The van der Waals surface area contributed by atoms with Crippen LogP contribution in [-0.2, 0) is 0 Å². The molecule has 0 amide bonds. The highest BCUT2D eigenvalue weighted by Gasteiger charge is 2.17. The largest absolute Gasteiger partial charge is 0.310 e. The first-order valence-corrected chi connectivity index (χ1v) is 15.1. The fraction of sp³-hybridized carbons (Fsp3) is 0. The minimum Gasteiger partial charge on any atom is -0.310 e. The molecule has 0 fully saturated rings. The van der Waals surface area contributed by atoms with E-state index in [0.717, 1.165) is 17.1 Å². The summed E-state index contributed by atoms with van der Waals surface area (Å²) in [6.45, 7) is 0. The Balaban J connectivity index is 1.24. The molecule has 2 heteroatoms. The monoisotopic (exact) mass is 553 g/mol. The zero-order valence-corrected chi connectivity index (χ0v) is 23.8. The molecule has 0 N–H and O–H groups in total. The van der Waals surface area contributed by atoms with Gasteiger partial charge in [0, 0.05) is 37.1 Å². The lowest BCUT2D eigenvalue weighted by Crippen LogP contribution is -2.11. The number of benzene rings is 7. The van der Waals surface area contributed by atoms with E-state index >= 15 is 0 Å². The molecule has 0 aliphatic carbocycles. The average molecular weight is 554 g/mol. The second-order valence-corrected chi connectivity index (χ2v) is 11.7. The molecule has 198 valence electrons. The molecule has 0 saturated carbocycles. The number of thiophene rings is 1. The molecule has 8 rings (SSSR count). The van der Waals surface area contributed by atoms with Crippen LogP contribution in [0.3, 0.4) is 0 Å². The maximum absolute atomic E-state index is 2.37. The van der Waals surface area contributed by atoms with Gasteiger partial charge in [-0.15, -0.1) is 11.3 Å². The first kappa shape index (κ1) is 24.6. The maximum atomic E-state index is 2.37. The van der Waals surface area contributed by atoms with Gasteiger partial charge in [-0.05, 0) is 76.0 Å². The third-order valence-corrected chi connectivity index (χ3v) is 9.19. The van der Waals surface area contributed by atoms with E-state index in [0.29, 0.717) is 0 Å². The molecular weight excluding hydrogens is 527 g/mol. The van der Waals surface area contributed by atoms with Crippen LogP contribution in [0.1, 0.15) is 0 Å². The van der Waals surface area contributed by atoms with E-state index in [2.05, 4.69) is 169 Å². The Morgan fingerprint density at radius 2 is 1.02 bits per heavy atom. The second-order valence-electron chi connectivity index (χ2n) is 10.6. The van der Waals surface area contributed by atoms with Crippen molar-refractivity contribution in [1.82, 2.24) is 0 Å². The van der Waals surface area contributed by atoms with Crippen molar-refractivity contribution in [2.75, 3.05) is 4.90 Å². The van der Waals surface area contributed by atoms with E-state index in [4.69, 9.17) is 0 Å². The van der Waals surface area contributed by atoms with Gasteiger partial charge in [-0.3, -0.25) is 0 Å². The molecule has 0 spiro atoms. The predicted molar refractivity (Wildman–Crippen MR) is 182 cm³/mol. The smallest absolute Gasteiger partial charge is 0.0540 e. The molecule has 0 aliphatic heterocycles. The Labute approximate surface area is 249 Å². The van der Waals surface area contributed by atoms with Crippen molar-refractivity contribution in [1.29, 1.82) is 0 Å². The number of rotatable bonds is 5. The fourth-order valence-electron chi connectivity index (χ4n) is 5.98. The molecule has 1 nitrogen and oxygen atoms in total. The van der Waals surface area contributed by atoms with Crippen LogP contribution in [0.25, 0.3) is 53.2 Å². The van der Waals surface area contributed by atoms with Crippen LogP contribution in [0.2, 0.25) is 0 Å². The fourth-order valence-corrected chi connectivity index (χ4v) is 7.13. The van der Waals surface area contributed by atoms with Gasteiger partial charge in [0.2, 0.25) is 0 Å². The molecule has 8 aromatic rings. The van der Waals surface area contributed by atoms with Crippen molar-refractivity contribution >= 4 is 59.3 Å². The van der Waals surface area contributed by atoms with Crippen LogP contribution in [0.5, 0.6) is 0 Å². The highest BCUT2D eigenvalue weighted by atomic mass is 32.1. The summed E-state index contributed by atoms with van der Waals surface area (Å²) in [6.07, 6.45) is 0. The standard InChI is InChI=1S/C40H27NS/c1-2-12-33(13-3-1)41(34-23-20-29(21-24-34)31-19-18-28-10-4-5-11-30(28)26-31)38-16-8-6-14-35(38)32-22-25-37-36-15-7-9-17-39(36)42-40(37)27-32/h1-27H. The third kappa shape index (κ3) is 4.34.